The first-order valence-corrected chi connectivity index (χ1v) is 9.43. The molecule has 0 aromatic heterocycles. The van der Waals surface area contributed by atoms with Gasteiger partial charge in [-0.3, -0.25) is 9.59 Å². The van der Waals surface area contributed by atoms with E-state index < -0.39 is 0 Å². The van der Waals surface area contributed by atoms with Crippen LogP contribution in [0, 0.1) is 0 Å². The van der Waals surface area contributed by atoms with Gasteiger partial charge in [0.2, 0.25) is 0 Å². The molecule has 0 fully saturated rings. The van der Waals surface area contributed by atoms with Crippen molar-refractivity contribution in [2.24, 2.45) is 0 Å². The normalized spacial score (nSPS) is 10.4. The number of nitrogens with one attached hydrogen (secondary N) is 2. The highest BCUT2D eigenvalue weighted by Gasteiger charge is 2.17. The minimum atomic E-state index is -0.102. The molecule has 2 N–H and O–H groups in total. The van der Waals surface area contributed by atoms with E-state index in [4.69, 9.17) is 0 Å². The van der Waals surface area contributed by atoms with Gasteiger partial charge in [0.05, 0.1) is 0 Å². The largest absolute Gasteiger partial charge is 0.352 e. The van der Waals surface area contributed by atoms with Crippen LogP contribution in [0.25, 0.3) is 11.1 Å². The van der Waals surface area contributed by atoms with Crippen molar-refractivity contribution in [2.75, 3.05) is 13.1 Å². The maximum Gasteiger partial charge on any atom is 0.251 e. The van der Waals surface area contributed by atoms with Crippen molar-refractivity contribution in [2.45, 2.75) is 39.5 Å². The van der Waals surface area contributed by atoms with Crippen LogP contribution >= 0.6 is 0 Å². The number of carbonyl (C=O) groups is 2. The molecule has 2 aromatic rings. The highest BCUT2D eigenvalue weighted by Crippen LogP contribution is 2.27. The minimum absolute atomic E-state index is 0.102. The van der Waals surface area contributed by atoms with E-state index >= 15 is 0 Å². The Kier molecular flexibility index (Phi) is 7.87. The summed E-state index contributed by atoms with van der Waals surface area (Å²) >= 11 is 0. The van der Waals surface area contributed by atoms with Crippen LogP contribution < -0.4 is 10.6 Å². The summed E-state index contributed by atoms with van der Waals surface area (Å²) < 4.78 is 0. The van der Waals surface area contributed by atoms with Gasteiger partial charge in [0.15, 0.2) is 0 Å². The van der Waals surface area contributed by atoms with Gasteiger partial charge in [-0.1, -0.05) is 63.1 Å². The first-order valence-electron chi connectivity index (χ1n) is 9.43. The zero-order valence-electron chi connectivity index (χ0n) is 15.7. The molecule has 4 heteroatoms. The Balaban J connectivity index is 2.31. The molecule has 0 unspecified atom stereocenters. The average molecular weight is 352 g/mol. The molecule has 0 atom stereocenters. The average Bonchev–Trinajstić information content (AvgIpc) is 2.68. The summed E-state index contributed by atoms with van der Waals surface area (Å²) in [6.07, 6.45) is 3.96. The molecular formula is C22H28N2O2. The molecule has 0 aliphatic rings. The SMILES string of the molecule is CCCCNC(=O)c1ccccc1-c1ccccc1C(=O)NCCCC. The van der Waals surface area contributed by atoms with Gasteiger partial charge < -0.3 is 10.6 Å². The summed E-state index contributed by atoms with van der Waals surface area (Å²) in [6, 6.07) is 14.9. The third-order valence-electron chi connectivity index (χ3n) is 4.27. The quantitative estimate of drug-likeness (QED) is 0.657. The standard InChI is InChI=1S/C22H28N2O2/c1-3-5-15-23-21(25)19-13-9-7-11-17(19)18-12-8-10-14-20(18)22(26)24-16-6-4-2/h7-14H,3-6,15-16H2,1-2H3,(H,23,25)(H,24,26). The first kappa shape index (κ1) is 19.7. The van der Waals surface area contributed by atoms with Crippen molar-refractivity contribution in [1.82, 2.24) is 10.6 Å². The molecule has 2 amide bonds. The Morgan fingerprint density at radius 1 is 0.692 bits per heavy atom. The maximum atomic E-state index is 12.6. The Bertz CT molecular complexity index is 677. The fourth-order valence-electron chi connectivity index (χ4n) is 2.78. The summed E-state index contributed by atoms with van der Waals surface area (Å²) in [4.78, 5) is 25.2. The Labute approximate surface area is 156 Å². The lowest BCUT2D eigenvalue weighted by molar-refractivity contribution is 0.0943. The molecule has 4 nitrogen and oxygen atoms in total. The van der Waals surface area contributed by atoms with Crippen LogP contribution in [0.4, 0.5) is 0 Å². The van der Waals surface area contributed by atoms with Gasteiger partial charge in [0.25, 0.3) is 11.8 Å². The predicted octanol–water partition coefficient (Wildman–Crippen LogP) is 4.41. The lowest BCUT2D eigenvalue weighted by Crippen LogP contribution is -2.26. The van der Waals surface area contributed by atoms with Crippen LogP contribution in [0.5, 0.6) is 0 Å². The third-order valence-corrected chi connectivity index (χ3v) is 4.27. The molecule has 26 heavy (non-hydrogen) atoms. The Morgan fingerprint density at radius 2 is 1.08 bits per heavy atom. The van der Waals surface area contributed by atoms with Crippen LogP contribution in [-0.2, 0) is 0 Å². The fourth-order valence-corrected chi connectivity index (χ4v) is 2.78. The smallest absolute Gasteiger partial charge is 0.251 e. The van der Waals surface area contributed by atoms with E-state index in [1.165, 1.54) is 0 Å². The summed E-state index contributed by atoms with van der Waals surface area (Å²) in [5, 5.41) is 5.92. The number of unbranched alkanes of at least 4 members (excludes halogenated alkanes) is 2. The second-order valence-corrected chi connectivity index (χ2v) is 6.31. The number of rotatable bonds is 9. The van der Waals surface area contributed by atoms with E-state index in [0.29, 0.717) is 24.2 Å². The van der Waals surface area contributed by atoms with Gasteiger partial charge in [-0.25, -0.2) is 0 Å². The highest BCUT2D eigenvalue weighted by atomic mass is 16.2. The molecule has 0 bridgehead atoms. The molecule has 0 aliphatic carbocycles. The molecule has 138 valence electrons. The van der Waals surface area contributed by atoms with Crippen molar-refractivity contribution in [1.29, 1.82) is 0 Å². The van der Waals surface area contributed by atoms with Crippen molar-refractivity contribution in [3.8, 4) is 11.1 Å². The number of benzene rings is 2. The van der Waals surface area contributed by atoms with E-state index in [1.807, 2.05) is 48.5 Å². The summed E-state index contributed by atoms with van der Waals surface area (Å²) in [7, 11) is 0. The Hall–Kier alpha value is -2.62. The van der Waals surface area contributed by atoms with E-state index in [1.54, 1.807) is 0 Å². The van der Waals surface area contributed by atoms with Crippen molar-refractivity contribution in [3.63, 3.8) is 0 Å². The molecule has 0 radical (unpaired) electrons. The van der Waals surface area contributed by atoms with E-state index in [-0.39, 0.29) is 11.8 Å². The van der Waals surface area contributed by atoms with Crippen LogP contribution in [0.2, 0.25) is 0 Å². The van der Waals surface area contributed by atoms with Crippen molar-refractivity contribution < 1.29 is 9.59 Å². The minimum Gasteiger partial charge on any atom is -0.352 e. The maximum absolute atomic E-state index is 12.6. The van der Waals surface area contributed by atoms with Gasteiger partial charge in [-0.15, -0.1) is 0 Å². The summed E-state index contributed by atoms with van der Waals surface area (Å²) in [5.41, 5.74) is 2.75. The second kappa shape index (κ2) is 10.4. The third kappa shape index (κ3) is 5.19. The molecule has 0 spiro atoms. The fraction of sp³-hybridized carbons (Fsp3) is 0.364. The van der Waals surface area contributed by atoms with Crippen LogP contribution in [0.3, 0.4) is 0 Å². The first-order chi connectivity index (χ1) is 12.7. The summed E-state index contributed by atoms with van der Waals surface area (Å²) in [5.74, 6) is -0.203. The van der Waals surface area contributed by atoms with Gasteiger partial charge >= 0.3 is 0 Å². The lowest BCUT2D eigenvalue weighted by atomic mass is 9.94. The molecule has 2 rings (SSSR count). The molecular weight excluding hydrogens is 324 g/mol. The van der Waals surface area contributed by atoms with E-state index in [9.17, 15) is 9.59 Å². The Morgan fingerprint density at radius 3 is 1.46 bits per heavy atom. The van der Waals surface area contributed by atoms with Gasteiger partial charge in [-0.2, -0.15) is 0 Å². The van der Waals surface area contributed by atoms with Gasteiger partial charge in [-0.05, 0) is 36.1 Å². The number of hydrogen-bond donors (Lipinski definition) is 2. The monoisotopic (exact) mass is 352 g/mol. The number of carbonyl (C=O) groups excluding carboxylic acids is 2. The topological polar surface area (TPSA) is 58.2 Å². The molecule has 0 saturated heterocycles. The zero-order valence-corrected chi connectivity index (χ0v) is 15.7. The zero-order chi connectivity index (χ0) is 18.8. The van der Waals surface area contributed by atoms with Gasteiger partial charge in [0, 0.05) is 24.2 Å². The second-order valence-electron chi connectivity index (χ2n) is 6.31. The molecule has 0 saturated carbocycles. The highest BCUT2D eigenvalue weighted by molar-refractivity contribution is 6.06. The van der Waals surface area contributed by atoms with E-state index in [0.717, 1.165) is 36.8 Å². The van der Waals surface area contributed by atoms with E-state index in [2.05, 4.69) is 24.5 Å². The predicted molar refractivity (Wildman–Crippen MR) is 106 cm³/mol. The lowest BCUT2D eigenvalue weighted by Gasteiger charge is -2.14. The summed E-state index contributed by atoms with van der Waals surface area (Å²) in [6.45, 7) is 5.49. The van der Waals surface area contributed by atoms with Crippen LogP contribution in [0.15, 0.2) is 48.5 Å². The number of amides is 2. The molecule has 0 aliphatic heterocycles. The van der Waals surface area contributed by atoms with Crippen LogP contribution in [-0.4, -0.2) is 24.9 Å². The van der Waals surface area contributed by atoms with Crippen molar-refractivity contribution >= 4 is 11.8 Å². The molecule has 0 heterocycles. The van der Waals surface area contributed by atoms with Crippen LogP contribution in [0.1, 0.15) is 60.2 Å². The van der Waals surface area contributed by atoms with Gasteiger partial charge in [0.1, 0.15) is 0 Å². The van der Waals surface area contributed by atoms with Crippen molar-refractivity contribution in [3.05, 3.63) is 59.7 Å². The molecule has 2 aromatic carbocycles. The number of hydrogen-bond acceptors (Lipinski definition) is 2.